The molecule has 2 fully saturated rings. The van der Waals surface area contributed by atoms with Crippen LogP contribution in [0.15, 0.2) is 54.9 Å². The summed E-state index contributed by atoms with van der Waals surface area (Å²) < 4.78 is 2.04. The summed E-state index contributed by atoms with van der Waals surface area (Å²) >= 11 is 6.73. The molecule has 9 nitrogen and oxygen atoms in total. The normalized spacial score (nSPS) is 17.9. The predicted octanol–water partition coefficient (Wildman–Crippen LogP) is 6.80. The number of rotatable bonds is 7. The van der Waals surface area contributed by atoms with Gasteiger partial charge in [0.15, 0.2) is 0 Å². The zero-order valence-electron chi connectivity index (χ0n) is 25.2. The van der Waals surface area contributed by atoms with Crippen molar-refractivity contribution < 1.29 is 0 Å². The third kappa shape index (κ3) is 6.47. The lowest BCUT2D eigenvalue weighted by Crippen LogP contribution is -2.46. The molecule has 2 aromatic carbocycles. The molecule has 0 unspecified atom stereocenters. The Kier molecular flexibility index (Phi) is 8.53. The Morgan fingerprint density at radius 2 is 1.77 bits per heavy atom. The largest absolute Gasteiger partial charge is 0.371 e. The molecule has 43 heavy (non-hydrogen) atoms. The van der Waals surface area contributed by atoms with Crippen molar-refractivity contribution in [3.63, 3.8) is 0 Å². The summed E-state index contributed by atoms with van der Waals surface area (Å²) in [4.78, 5) is 7.29. The molecule has 224 valence electrons. The zero-order chi connectivity index (χ0) is 30.0. The van der Waals surface area contributed by atoms with E-state index >= 15 is 0 Å². The average Bonchev–Trinajstić information content (AvgIpc) is 3.51. The fourth-order valence-electron chi connectivity index (χ4n) is 6.28. The molecule has 2 aliphatic heterocycles. The number of nitrogens with zero attached hydrogens (tertiary/aromatic N) is 7. The molecule has 2 N–H and O–H groups in total. The zero-order valence-corrected chi connectivity index (χ0v) is 26.0. The molecule has 1 atom stereocenters. The molecule has 0 saturated carbocycles. The smallest absolute Gasteiger partial charge is 0.109 e. The van der Waals surface area contributed by atoms with Crippen LogP contribution < -0.4 is 10.7 Å². The van der Waals surface area contributed by atoms with Crippen molar-refractivity contribution in [2.24, 2.45) is 0 Å². The van der Waals surface area contributed by atoms with Gasteiger partial charge in [-0.3, -0.25) is 9.88 Å². The minimum Gasteiger partial charge on any atom is -0.371 e. The van der Waals surface area contributed by atoms with E-state index in [2.05, 4.69) is 76.1 Å². The van der Waals surface area contributed by atoms with Gasteiger partial charge in [0.1, 0.15) is 11.8 Å². The summed E-state index contributed by atoms with van der Waals surface area (Å²) in [6.07, 6.45) is 9.29. The first-order chi connectivity index (χ1) is 20.8. The van der Waals surface area contributed by atoms with Gasteiger partial charge in [0.2, 0.25) is 0 Å². The van der Waals surface area contributed by atoms with Gasteiger partial charge in [-0.2, -0.15) is 5.26 Å². The van der Waals surface area contributed by atoms with Crippen molar-refractivity contribution in [2.45, 2.75) is 70.5 Å². The number of hydrogen-bond donors (Lipinski definition) is 2. The Labute approximate surface area is 258 Å². The quantitative estimate of drug-likeness (QED) is 0.240. The maximum absolute atomic E-state index is 9.94. The predicted molar refractivity (Wildman–Crippen MR) is 172 cm³/mol. The highest BCUT2D eigenvalue weighted by Gasteiger charge is 2.29. The van der Waals surface area contributed by atoms with E-state index in [0.717, 1.165) is 85.4 Å². The molecule has 2 saturated heterocycles. The van der Waals surface area contributed by atoms with E-state index in [1.54, 1.807) is 6.20 Å². The van der Waals surface area contributed by atoms with Gasteiger partial charge in [-0.15, -0.1) is 5.10 Å². The highest BCUT2D eigenvalue weighted by molar-refractivity contribution is 6.32. The van der Waals surface area contributed by atoms with E-state index in [4.69, 9.17) is 16.6 Å². The Morgan fingerprint density at radius 1 is 1.02 bits per heavy atom. The van der Waals surface area contributed by atoms with Crippen molar-refractivity contribution in [3.8, 4) is 6.07 Å². The lowest BCUT2D eigenvalue weighted by atomic mass is 9.98. The monoisotopic (exact) mass is 597 g/mol. The van der Waals surface area contributed by atoms with Gasteiger partial charge in [0.25, 0.3) is 0 Å². The molecule has 0 amide bonds. The van der Waals surface area contributed by atoms with Crippen LogP contribution in [0.3, 0.4) is 0 Å². The highest BCUT2D eigenvalue weighted by Crippen LogP contribution is 2.37. The van der Waals surface area contributed by atoms with Crippen molar-refractivity contribution in [1.29, 1.82) is 5.26 Å². The first-order valence-electron chi connectivity index (χ1n) is 15.3. The summed E-state index contributed by atoms with van der Waals surface area (Å²) in [5.41, 5.74) is 8.33. The van der Waals surface area contributed by atoms with Gasteiger partial charge in [-0.25, -0.2) is 9.69 Å². The van der Waals surface area contributed by atoms with E-state index in [1.807, 2.05) is 35.0 Å². The summed E-state index contributed by atoms with van der Waals surface area (Å²) in [6.45, 7) is 10.8. The van der Waals surface area contributed by atoms with E-state index in [-0.39, 0.29) is 11.6 Å². The van der Waals surface area contributed by atoms with Gasteiger partial charge in [-0.05, 0) is 64.2 Å². The van der Waals surface area contributed by atoms with Crippen LogP contribution in [0, 0.1) is 11.3 Å². The number of fused-ring (bicyclic) bond motifs is 1. The van der Waals surface area contributed by atoms with Gasteiger partial charge in [0.05, 0.1) is 40.7 Å². The van der Waals surface area contributed by atoms with E-state index in [0.29, 0.717) is 16.6 Å². The number of halogens is 1. The topological polar surface area (TPSA) is 97.9 Å². The van der Waals surface area contributed by atoms with E-state index in [9.17, 15) is 5.26 Å². The molecule has 6 rings (SSSR count). The molecule has 0 bridgehead atoms. The summed E-state index contributed by atoms with van der Waals surface area (Å²) in [5.74, 6) is 0. The molecule has 0 aliphatic carbocycles. The number of likely N-dealkylation sites (tertiary alicyclic amines) is 1. The Bertz CT molecular complexity index is 1590. The maximum Gasteiger partial charge on any atom is 0.109 e. The number of anilines is 2. The third-order valence-electron chi connectivity index (χ3n) is 8.73. The summed E-state index contributed by atoms with van der Waals surface area (Å²) in [6, 6.07) is 16.4. The number of benzene rings is 2. The first kappa shape index (κ1) is 29.4. The Hall–Kier alpha value is -3.71. The molecule has 0 radical (unpaired) electrons. The molecule has 4 heterocycles. The van der Waals surface area contributed by atoms with Crippen LogP contribution in [-0.2, 0) is 0 Å². The lowest BCUT2D eigenvalue weighted by molar-refractivity contribution is 0.0866. The van der Waals surface area contributed by atoms with Crippen LogP contribution >= 0.6 is 11.6 Å². The number of nitriles is 1. The molecule has 2 aromatic heterocycles. The van der Waals surface area contributed by atoms with Crippen LogP contribution in [-0.4, -0.2) is 61.6 Å². The number of pyridine rings is 1. The number of aromatic nitrogens is 4. The maximum atomic E-state index is 9.94. The van der Waals surface area contributed by atoms with E-state index < -0.39 is 0 Å². The number of nitrogens with one attached hydrogen (secondary N) is 2. The second kappa shape index (κ2) is 12.5. The van der Waals surface area contributed by atoms with Crippen LogP contribution in [0.4, 0.5) is 11.4 Å². The Balaban J connectivity index is 1.34. The van der Waals surface area contributed by atoms with Crippen molar-refractivity contribution in [2.75, 3.05) is 36.9 Å². The molecule has 0 spiro atoms. The standard InChI is InChI=1S/C33H40ClN9/c1-33(2,3)41-16-12-26(13-17-41)43-22-29(38-40-43)31(23-10-6-4-7-11-23)37-28-19-25(34)18-27-30(24(20-35)21-36-32(27)28)39-42-14-8-5-9-15-42/h4,6-7,10-11,18-19,21-22,26,31,37H,5,8-9,12-17H2,1-3H3,(H,36,39)/t31-/m0/s1. The number of hydrogen-bond acceptors (Lipinski definition) is 8. The van der Waals surface area contributed by atoms with Crippen LogP contribution in [0.25, 0.3) is 10.9 Å². The number of piperidine rings is 2. The van der Waals surface area contributed by atoms with Crippen LogP contribution in [0.5, 0.6) is 0 Å². The minimum absolute atomic E-state index is 0.172. The summed E-state index contributed by atoms with van der Waals surface area (Å²) in [5, 5.41) is 26.5. The number of hydrazine groups is 1. The first-order valence-corrected chi connectivity index (χ1v) is 15.7. The van der Waals surface area contributed by atoms with Gasteiger partial charge in [0, 0.05) is 48.3 Å². The lowest BCUT2D eigenvalue weighted by Gasteiger charge is -2.40. The van der Waals surface area contributed by atoms with Crippen molar-refractivity contribution in [3.05, 3.63) is 76.7 Å². The molecular weight excluding hydrogens is 558 g/mol. The highest BCUT2D eigenvalue weighted by atomic mass is 35.5. The average molecular weight is 598 g/mol. The molecule has 10 heteroatoms. The van der Waals surface area contributed by atoms with Crippen LogP contribution in [0.2, 0.25) is 5.02 Å². The fraction of sp³-hybridized carbons (Fsp3) is 0.455. The van der Waals surface area contributed by atoms with Gasteiger partial charge < -0.3 is 10.7 Å². The van der Waals surface area contributed by atoms with Crippen molar-refractivity contribution in [1.82, 2.24) is 29.9 Å². The molecule has 4 aromatic rings. The second-order valence-electron chi connectivity index (χ2n) is 12.7. The Morgan fingerprint density at radius 3 is 2.47 bits per heavy atom. The van der Waals surface area contributed by atoms with Crippen LogP contribution in [0.1, 0.15) is 81.8 Å². The molecule has 2 aliphatic rings. The summed E-state index contributed by atoms with van der Waals surface area (Å²) in [7, 11) is 0. The third-order valence-corrected chi connectivity index (χ3v) is 8.94. The fourth-order valence-corrected chi connectivity index (χ4v) is 6.50. The SMILES string of the molecule is CC(C)(C)N1CCC(n2cc([C@@H](Nc3cc(Cl)cc4c(NN5CCCCC5)c(C#N)cnc34)c3ccccc3)nn2)CC1. The van der Waals surface area contributed by atoms with Gasteiger partial charge >= 0.3 is 0 Å². The van der Waals surface area contributed by atoms with E-state index in [1.165, 1.54) is 6.42 Å². The second-order valence-corrected chi connectivity index (χ2v) is 13.1. The minimum atomic E-state index is -0.276. The molecular formula is C33H40ClN9. The van der Waals surface area contributed by atoms with Gasteiger partial charge in [-0.1, -0.05) is 53.6 Å². The van der Waals surface area contributed by atoms with Crippen molar-refractivity contribution >= 4 is 33.9 Å².